The summed E-state index contributed by atoms with van der Waals surface area (Å²) in [6, 6.07) is 0. The third kappa shape index (κ3) is 66.6. The van der Waals surface area contributed by atoms with Gasteiger partial charge in [-0.05, 0) is 51.4 Å². The van der Waals surface area contributed by atoms with Crippen LogP contribution in [0.1, 0.15) is 406 Å². The van der Waals surface area contributed by atoms with Crippen LogP contribution in [0, 0.1) is 0 Å². The Bertz CT molecular complexity index is 1270. The van der Waals surface area contributed by atoms with Crippen LogP contribution < -0.4 is 0 Å². The molecule has 0 saturated heterocycles. The average Bonchev–Trinajstić information content (AvgIpc) is 3.45. The van der Waals surface area contributed by atoms with Crippen molar-refractivity contribution in [3.63, 3.8) is 0 Å². The van der Waals surface area contributed by atoms with Crippen molar-refractivity contribution in [3.05, 3.63) is 24.3 Å². The summed E-state index contributed by atoms with van der Waals surface area (Å²) in [4.78, 5) is 38.5. The average molecular weight is 1110 g/mol. The summed E-state index contributed by atoms with van der Waals surface area (Å²) >= 11 is 0. The summed E-state index contributed by atoms with van der Waals surface area (Å²) < 4.78 is 17.0. The minimum Gasteiger partial charge on any atom is -0.462 e. The summed E-state index contributed by atoms with van der Waals surface area (Å²) in [7, 11) is 0. The van der Waals surface area contributed by atoms with E-state index in [-0.39, 0.29) is 31.1 Å². The van der Waals surface area contributed by atoms with Crippen LogP contribution in [-0.2, 0) is 28.6 Å². The molecule has 0 bridgehead atoms. The fraction of sp³-hybridized carbons (Fsp3) is 0.904. The SMILES string of the molecule is CCCCCCC/C=C\C/C=C\CCCCCCCCCCCC(=O)OC(COC(=O)CCCCCCCCCCCCCCCCCCC)COC(=O)CCCCCCCCCCCCCCCCCCCCCCCCC. The largest absolute Gasteiger partial charge is 0.462 e. The van der Waals surface area contributed by atoms with Gasteiger partial charge in [-0.1, -0.05) is 360 Å². The van der Waals surface area contributed by atoms with Crippen LogP contribution >= 0.6 is 0 Å². The lowest BCUT2D eigenvalue weighted by molar-refractivity contribution is -0.167. The normalized spacial score (nSPS) is 12.1. The lowest BCUT2D eigenvalue weighted by Gasteiger charge is -2.18. The fourth-order valence-electron chi connectivity index (χ4n) is 11.1. The quantitative estimate of drug-likeness (QED) is 0.0261. The van der Waals surface area contributed by atoms with Gasteiger partial charge in [0.25, 0.3) is 0 Å². The molecular formula is C73H138O6. The zero-order chi connectivity index (χ0) is 57.1. The van der Waals surface area contributed by atoms with Crippen LogP contribution in [0.15, 0.2) is 24.3 Å². The predicted molar refractivity (Wildman–Crippen MR) is 344 cm³/mol. The first kappa shape index (κ1) is 76.9. The van der Waals surface area contributed by atoms with Crippen molar-refractivity contribution in [1.82, 2.24) is 0 Å². The van der Waals surface area contributed by atoms with Crippen LogP contribution in [0.5, 0.6) is 0 Å². The number of hydrogen-bond donors (Lipinski definition) is 0. The maximum Gasteiger partial charge on any atom is 0.306 e. The zero-order valence-corrected chi connectivity index (χ0v) is 53.7. The van der Waals surface area contributed by atoms with Crippen LogP contribution in [0.4, 0.5) is 0 Å². The lowest BCUT2D eigenvalue weighted by Crippen LogP contribution is -2.30. The van der Waals surface area contributed by atoms with Crippen LogP contribution in [0.2, 0.25) is 0 Å². The molecule has 0 aromatic heterocycles. The summed E-state index contributed by atoms with van der Waals surface area (Å²) in [6.45, 7) is 6.72. The van der Waals surface area contributed by atoms with Crippen molar-refractivity contribution >= 4 is 17.9 Å². The van der Waals surface area contributed by atoms with E-state index in [0.717, 1.165) is 64.2 Å². The maximum absolute atomic E-state index is 13.0. The Morgan fingerprint density at radius 3 is 0.696 bits per heavy atom. The topological polar surface area (TPSA) is 78.9 Å². The van der Waals surface area contributed by atoms with Crippen LogP contribution in [0.3, 0.4) is 0 Å². The number of allylic oxidation sites excluding steroid dienone is 4. The van der Waals surface area contributed by atoms with Crippen molar-refractivity contribution in [3.8, 4) is 0 Å². The van der Waals surface area contributed by atoms with Gasteiger partial charge in [0.05, 0.1) is 0 Å². The minimum atomic E-state index is -0.771. The van der Waals surface area contributed by atoms with Gasteiger partial charge in [-0.3, -0.25) is 14.4 Å². The molecule has 0 radical (unpaired) electrons. The molecule has 0 N–H and O–H groups in total. The van der Waals surface area contributed by atoms with Crippen molar-refractivity contribution in [2.75, 3.05) is 13.2 Å². The molecule has 79 heavy (non-hydrogen) atoms. The van der Waals surface area contributed by atoms with Crippen molar-refractivity contribution in [1.29, 1.82) is 0 Å². The van der Waals surface area contributed by atoms with E-state index in [4.69, 9.17) is 14.2 Å². The monoisotopic (exact) mass is 1110 g/mol. The molecular weight excluding hydrogens is 973 g/mol. The van der Waals surface area contributed by atoms with E-state index < -0.39 is 6.10 Å². The van der Waals surface area contributed by atoms with Gasteiger partial charge in [0, 0.05) is 19.3 Å². The molecule has 0 aromatic rings. The highest BCUT2D eigenvalue weighted by Gasteiger charge is 2.19. The molecule has 0 spiro atoms. The Hall–Kier alpha value is -2.11. The van der Waals surface area contributed by atoms with Gasteiger partial charge in [-0.25, -0.2) is 0 Å². The Morgan fingerprint density at radius 2 is 0.456 bits per heavy atom. The van der Waals surface area contributed by atoms with E-state index in [2.05, 4.69) is 45.1 Å². The molecule has 0 aromatic carbocycles. The van der Waals surface area contributed by atoms with Gasteiger partial charge in [-0.2, -0.15) is 0 Å². The maximum atomic E-state index is 13.0. The van der Waals surface area contributed by atoms with Crippen LogP contribution in [-0.4, -0.2) is 37.2 Å². The molecule has 0 fully saturated rings. The zero-order valence-electron chi connectivity index (χ0n) is 53.7. The number of carbonyl (C=O) groups excluding carboxylic acids is 3. The fourth-order valence-corrected chi connectivity index (χ4v) is 11.1. The van der Waals surface area contributed by atoms with Crippen molar-refractivity contribution in [2.24, 2.45) is 0 Å². The van der Waals surface area contributed by atoms with Gasteiger partial charge in [0.1, 0.15) is 13.2 Å². The molecule has 0 rings (SSSR count). The Labute approximate surface area is 493 Å². The summed E-state index contributed by atoms with van der Waals surface area (Å²) in [6.07, 6.45) is 83.4. The third-order valence-electron chi connectivity index (χ3n) is 16.5. The van der Waals surface area contributed by atoms with Gasteiger partial charge >= 0.3 is 17.9 Å². The smallest absolute Gasteiger partial charge is 0.306 e. The van der Waals surface area contributed by atoms with E-state index in [0.29, 0.717) is 19.3 Å². The van der Waals surface area contributed by atoms with E-state index in [9.17, 15) is 14.4 Å². The van der Waals surface area contributed by atoms with E-state index in [1.165, 1.54) is 302 Å². The molecule has 0 aliphatic heterocycles. The second-order valence-corrected chi connectivity index (χ2v) is 24.5. The summed E-state index contributed by atoms with van der Waals surface area (Å²) in [5, 5.41) is 0. The van der Waals surface area contributed by atoms with E-state index >= 15 is 0 Å². The first-order valence-electron chi connectivity index (χ1n) is 35.8. The van der Waals surface area contributed by atoms with Crippen molar-refractivity contribution in [2.45, 2.75) is 412 Å². The highest BCUT2D eigenvalue weighted by atomic mass is 16.6. The number of carbonyl (C=O) groups is 3. The molecule has 6 nitrogen and oxygen atoms in total. The molecule has 466 valence electrons. The highest BCUT2D eigenvalue weighted by molar-refractivity contribution is 5.71. The minimum absolute atomic E-state index is 0.0662. The van der Waals surface area contributed by atoms with Gasteiger partial charge < -0.3 is 14.2 Å². The molecule has 0 heterocycles. The lowest BCUT2D eigenvalue weighted by atomic mass is 10.0. The molecule has 0 saturated carbocycles. The summed E-state index contributed by atoms with van der Waals surface area (Å²) in [5.74, 6) is -0.835. The number of ether oxygens (including phenoxy) is 3. The number of rotatable bonds is 67. The molecule has 1 atom stereocenters. The molecule has 6 heteroatoms. The molecule has 0 aliphatic rings. The Balaban J connectivity index is 4.29. The first-order valence-corrected chi connectivity index (χ1v) is 35.8. The number of hydrogen-bond acceptors (Lipinski definition) is 6. The van der Waals surface area contributed by atoms with E-state index in [1.54, 1.807) is 0 Å². The number of unbranched alkanes of at least 4 members (excludes halogenated alkanes) is 52. The third-order valence-corrected chi connectivity index (χ3v) is 16.5. The van der Waals surface area contributed by atoms with Gasteiger partial charge in [-0.15, -0.1) is 0 Å². The first-order chi connectivity index (χ1) is 39.0. The molecule has 1 unspecified atom stereocenters. The predicted octanol–water partition coefficient (Wildman–Crippen LogP) is 24.6. The van der Waals surface area contributed by atoms with Gasteiger partial charge in [0.2, 0.25) is 0 Å². The number of esters is 3. The molecule has 0 amide bonds. The van der Waals surface area contributed by atoms with Gasteiger partial charge in [0.15, 0.2) is 6.10 Å². The summed E-state index contributed by atoms with van der Waals surface area (Å²) in [5.41, 5.74) is 0. The standard InChI is InChI=1S/C73H138O6/c1-4-7-10-13-16-19-22-25-28-31-33-35-36-38-39-42-45-48-51-54-57-60-63-66-72(75)78-69-70(68-77-71(74)65-62-59-56-53-50-47-44-41-30-27-24-21-18-15-12-9-6-3)79-73(76)67-64-61-58-55-52-49-46-43-40-37-34-32-29-26-23-20-17-14-11-8-5-2/h23,26,32,34,70H,4-22,24-25,27-31,33,35-69H2,1-3H3/b26-23-,34-32-. The Morgan fingerprint density at radius 1 is 0.253 bits per heavy atom. The van der Waals surface area contributed by atoms with Crippen LogP contribution in [0.25, 0.3) is 0 Å². The second kappa shape index (κ2) is 68.4. The van der Waals surface area contributed by atoms with E-state index in [1.807, 2.05) is 0 Å². The Kier molecular flexibility index (Phi) is 66.6. The second-order valence-electron chi connectivity index (χ2n) is 24.5. The van der Waals surface area contributed by atoms with Crippen molar-refractivity contribution < 1.29 is 28.6 Å². The molecule has 0 aliphatic carbocycles. The highest BCUT2D eigenvalue weighted by Crippen LogP contribution is 2.19.